The summed E-state index contributed by atoms with van der Waals surface area (Å²) in [5.74, 6) is 0. The van der Waals surface area contributed by atoms with E-state index in [1.165, 1.54) is 25.7 Å². The quantitative estimate of drug-likeness (QED) is 0.275. The van der Waals surface area contributed by atoms with E-state index in [-0.39, 0.29) is 42.4 Å². The zero-order chi connectivity index (χ0) is 16.9. The summed E-state index contributed by atoms with van der Waals surface area (Å²) in [7, 11) is -4.65. The van der Waals surface area contributed by atoms with Crippen LogP contribution in [0, 0.1) is 0 Å². The summed E-state index contributed by atoms with van der Waals surface area (Å²) in [6.45, 7) is 4.25. The third-order valence-corrected chi connectivity index (χ3v) is 5.65. The molecule has 0 aliphatic rings. The van der Waals surface area contributed by atoms with Gasteiger partial charge >= 0.3 is 29.6 Å². The standard InChI is InChI=1S/C17H36O4S.Na/c1-3-5-7-9-10-11-12-14-16-17(18,22(19,20)21)15-13-8-6-4-2;/h18H,3-16H2,1-2H3,(H,19,20,21);/q;+1/p-1. The van der Waals surface area contributed by atoms with Crippen molar-refractivity contribution in [3.05, 3.63) is 0 Å². The van der Waals surface area contributed by atoms with E-state index in [1.54, 1.807) is 0 Å². The molecule has 0 spiro atoms. The Morgan fingerprint density at radius 1 is 0.739 bits per heavy atom. The van der Waals surface area contributed by atoms with Crippen LogP contribution in [0.25, 0.3) is 0 Å². The molecule has 1 atom stereocenters. The molecule has 0 fully saturated rings. The number of hydrogen-bond donors (Lipinski definition) is 1. The van der Waals surface area contributed by atoms with Gasteiger partial charge in [-0.05, 0) is 25.7 Å². The summed E-state index contributed by atoms with van der Waals surface area (Å²) >= 11 is 0. The average Bonchev–Trinajstić information content (AvgIpc) is 2.45. The van der Waals surface area contributed by atoms with Gasteiger partial charge in [-0.25, -0.2) is 8.42 Å². The maximum atomic E-state index is 11.3. The first-order valence-corrected chi connectivity index (χ1v) is 10.5. The summed E-state index contributed by atoms with van der Waals surface area (Å²) in [5.41, 5.74) is 0. The van der Waals surface area contributed by atoms with Crippen molar-refractivity contribution in [1.29, 1.82) is 0 Å². The summed E-state index contributed by atoms with van der Waals surface area (Å²) in [4.78, 5) is -2.05. The second-order valence-electron chi connectivity index (χ2n) is 6.44. The van der Waals surface area contributed by atoms with Gasteiger partial charge in [0.25, 0.3) is 0 Å². The Morgan fingerprint density at radius 3 is 1.39 bits per heavy atom. The zero-order valence-corrected chi connectivity index (χ0v) is 18.3. The molecule has 0 rings (SSSR count). The maximum absolute atomic E-state index is 11.3. The molecular formula is C17H35NaO4S. The Hall–Kier alpha value is 0.870. The number of aliphatic hydroxyl groups is 1. The van der Waals surface area contributed by atoms with Gasteiger partial charge < -0.3 is 9.66 Å². The van der Waals surface area contributed by atoms with Crippen LogP contribution in [0.1, 0.15) is 104 Å². The molecule has 0 aliphatic heterocycles. The minimum atomic E-state index is -4.65. The molecule has 0 bridgehead atoms. The molecule has 0 radical (unpaired) electrons. The summed E-state index contributed by atoms with van der Waals surface area (Å²) < 4.78 is 34.0. The third-order valence-electron chi connectivity index (χ3n) is 4.31. The van der Waals surface area contributed by atoms with Gasteiger partial charge in [-0.15, -0.1) is 0 Å². The molecule has 23 heavy (non-hydrogen) atoms. The molecule has 0 aromatic heterocycles. The number of rotatable bonds is 15. The molecule has 0 aromatic carbocycles. The largest absolute Gasteiger partial charge is 1.00 e. The van der Waals surface area contributed by atoms with E-state index in [0.717, 1.165) is 38.5 Å². The molecule has 0 aliphatic carbocycles. The normalized spacial score (nSPS) is 14.3. The zero-order valence-electron chi connectivity index (χ0n) is 15.5. The minimum absolute atomic E-state index is 0. The van der Waals surface area contributed by atoms with Crippen LogP contribution in [-0.4, -0.2) is 23.0 Å². The predicted molar refractivity (Wildman–Crippen MR) is 90.6 cm³/mol. The third kappa shape index (κ3) is 12.8. The first-order chi connectivity index (χ1) is 10.4. The summed E-state index contributed by atoms with van der Waals surface area (Å²) in [5, 5.41) is 10.2. The van der Waals surface area contributed by atoms with Crippen molar-refractivity contribution in [3.8, 4) is 0 Å². The molecule has 0 saturated heterocycles. The van der Waals surface area contributed by atoms with Crippen LogP contribution >= 0.6 is 0 Å². The Labute approximate surface area is 165 Å². The van der Waals surface area contributed by atoms with Gasteiger partial charge in [0.2, 0.25) is 0 Å². The van der Waals surface area contributed by atoms with Gasteiger partial charge in [0.1, 0.15) is 10.1 Å². The van der Waals surface area contributed by atoms with E-state index in [9.17, 15) is 18.1 Å². The van der Waals surface area contributed by atoms with E-state index in [4.69, 9.17) is 0 Å². The molecule has 0 amide bonds. The van der Waals surface area contributed by atoms with Crippen LogP contribution in [0.5, 0.6) is 0 Å². The Morgan fingerprint density at radius 2 is 1.04 bits per heavy atom. The van der Waals surface area contributed by atoms with Crippen molar-refractivity contribution in [2.24, 2.45) is 0 Å². The van der Waals surface area contributed by atoms with E-state index in [0.29, 0.717) is 12.8 Å². The minimum Gasteiger partial charge on any atom is -0.746 e. The average molecular weight is 359 g/mol. The molecule has 0 heterocycles. The molecule has 1 N–H and O–H groups in total. The SMILES string of the molecule is CCCCCCCCCCC(O)(CCCCCC)S(=O)(=O)[O-].[Na+]. The van der Waals surface area contributed by atoms with Gasteiger partial charge in [0, 0.05) is 0 Å². The van der Waals surface area contributed by atoms with E-state index in [1.807, 2.05) is 0 Å². The van der Waals surface area contributed by atoms with Crippen LogP contribution in [0.3, 0.4) is 0 Å². The van der Waals surface area contributed by atoms with Crippen molar-refractivity contribution >= 4 is 10.1 Å². The molecule has 1 unspecified atom stereocenters. The number of hydrogen-bond acceptors (Lipinski definition) is 4. The van der Waals surface area contributed by atoms with E-state index < -0.39 is 15.1 Å². The topological polar surface area (TPSA) is 77.4 Å². The molecule has 4 nitrogen and oxygen atoms in total. The van der Waals surface area contributed by atoms with Crippen LogP contribution in [0.2, 0.25) is 0 Å². The maximum Gasteiger partial charge on any atom is 1.00 e. The Bertz CT molecular complexity index is 360. The van der Waals surface area contributed by atoms with E-state index in [2.05, 4.69) is 13.8 Å². The molecule has 0 saturated carbocycles. The van der Waals surface area contributed by atoms with Gasteiger partial charge in [-0.3, -0.25) is 0 Å². The monoisotopic (exact) mass is 358 g/mol. The first-order valence-electron chi connectivity index (χ1n) is 9.05. The second-order valence-corrected chi connectivity index (χ2v) is 8.10. The van der Waals surface area contributed by atoms with Gasteiger partial charge in [0.15, 0.2) is 4.93 Å². The van der Waals surface area contributed by atoms with Crippen LogP contribution < -0.4 is 29.6 Å². The van der Waals surface area contributed by atoms with Crippen molar-refractivity contribution < 1.29 is 47.6 Å². The second kappa shape index (κ2) is 15.2. The van der Waals surface area contributed by atoms with Crippen LogP contribution in [0.4, 0.5) is 0 Å². The van der Waals surface area contributed by atoms with Crippen molar-refractivity contribution in [1.82, 2.24) is 0 Å². The Balaban J connectivity index is 0. The Kier molecular flexibility index (Phi) is 17.2. The van der Waals surface area contributed by atoms with Gasteiger partial charge in [0.05, 0.1) is 0 Å². The van der Waals surface area contributed by atoms with Crippen molar-refractivity contribution in [3.63, 3.8) is 0 Å². The fraction of sp³-hybridized carbons (Fsp3) is 1.00. The summed E-state index contributed by atoms with van der Waals surface area (Å²) in [6.07, 6.45) is 12.4. The molecule has 6 heteroatoms. The van der Waals surface area contributed by atoms with Crippen molar-refractivity contribution in [2.75, 3.05) is 0 Å². The van der Waals surface area contributed by atoms with Crippen LogP contribution in [-0.2, 0) is 10.1 Å². The molecular weight excluding hydrogens is 323 g/mol. The fourth-order valence-electron chi connectivity index (χ4n) is 2.74. The number of unbranched alkanes of at least 4 members (excludes halogenated alkanes) is 10. The first kappa shape index (κ1) is 26.1. The van der Waals surface area contributed by atoms with Gasteiger partial charge in [-0.1, -0.05) is 78.1 Å². The summed E-state index contributed by atoms with van der Waals surface area (Å²) in [6, 6.07) is 0. The van der Waals surface area contributed by atoms with Crippen molar-refractivity contribution in [2.45, 2.75) is 109 Å². The predicted octanol–water partition coefficient (Wildman–Crippen LogP) is 1.73. The fourth-order valence-corrected chi connectivity index (χ4v) is 3.53. The molecule has 0 aromatic rings. The van der Waals surface area contributed by atoms with E-state index >= 15 is 0 Å². The van der Waals surface area contributed by atoms with Gasteiger partial charge in [-0.2, -0.15) is 0 Å². The molecule has 134 valence electrons. The smallest absolute Gasteiger partial charge is 0.746 e. The van der Waals surface area contributed by atoms with Crippen LogP contribution in [0.15, 0.2) is 0 Å².